The monoisotopic (exact) mass is 249 g/mol. The highest BCUT2D eigenvalue weighted by molar-refractivity contribution is 6.31. The first-order valence-corrected chi connectivity index (χ1v) is 6.48. The molecule has 4 heteroatoms. The Morgan fingerprint density at radius 1 is 1.41 bits per heavy atom. The van der Waals surface area contributed by atoms with Gasteiger partial charge in [-0.15, -0.1) is 0 Å². The summed E-state index contributed by atoms with van der Waals surface area (Å²) in [5.74, 6) is 1.61. The topological polar surface area (TPSA) is 48.7 Å². The Bertz CT molecular complexity index is 419. The van der Waals surface area contributed by atoms with E-state index in [1.807, 2.05) is 12.1 Å². The van der Waals surface area contributed by atoms with Crippen molar-refractivity contribution in [2.45, 2.75) is 32.1 Å². The van der Waals surface area contributed by atoms with Crippen LogP contribution < -0.4 is 5.32 Å². The zero-order valence-electron chi connectivity index (χ0n) is 9.75. The van der Waals surface area contributed by atoms with Crippen LogP contribution in [-0.4, -0.2) is 11.5 Å². The van der Waals surface area contributed by atoms with E-state index in [1.54, 1.807) is 6.07 Å². The van der Waals surface area contributed by atoms with Crippen molar-refractivity contribution in [2.75, 3.05) is 11.9 Å². The minimum absolute atomic E-state index is 0.289. The first-order chi connectivity index (χ1) is 8.29. The maximum absolute atomic E-state index is 8.82. The van der Waals surface area contributed by atoms with E-state index >= 15 is 0 Å². The average molecular weight is 250 g/mol. The summed E-state index contributed by atoms with van der Waals surface area (Å²) in [6.45, 7) is 0.921. The zero-order valence-corrected chi connectivity index (χ0v) is 10.5. The van der Waals surface area contributed by atoms with E-state index in [4.69, 9.17) is 16.9 Å². The number of nitriles is 1. The molecule has 0 aliphatic heterocycles. The molecule has 0 atom stereocenters. The highest BCUT2D eigenvalue weighted by Crippen LogP contribution is 2.27. The van der Waals surface area contributed by atoms with Crippen LogP contribution in [0.15, 0.2) is 12.1 Å². The van der Waals surface area contributed by atoms with Crippen LogP contribution in [0.3, 0.4) is 0 Å². The summed E-state index contributed by atoms with van der Waals surface area (Å²) in [6, 6.07) is 5.51. The predicted molar refractivity (Wildman–Crippen MR) is 69.0 cm³/mol. The van der Waals surface area contributed by atoms with Crippen molar-refractivity contribution < 1.29 is 0 Å². The Morgan fingerprint density at radius 2 is 2.18 bits per heavy atom. The first-order valence-electron chi connectivity index (χ1n) is 6.10. The van der Waals surface area contributed by atoms with E-state index in [2.05, 4.69) is 10.3 Å². The fourth-order valence-electron chi connectivity index (χ4n) is 2.32. The number of anilines is 1. The summed E-state index contributed by atoms with van der Waals surface area (Å²) in [5, 5.41) is 12.5. The lowest BCUT2D eigenvalue weighted by atomic mass is 10.0. The molecule has 1 aromatic heterocycles. The Balaban J connectivity index is 1.84. The molecule has 1 saturated carbocycles. The first kappa shape index (κ1) is 12.2. The Morgan fingerprint density at radius 3 is 2.88 bits per heavy atom. The zero-order chi connectivity index (χ0) is 12.1. The maximum Gasteiger partial charge on any atom is 0.161 e. The Kier molecular flexibility index (Phi) is 4.22. The van der Waals surface area contributed by atoms with E-state index in [-0.39, 0.29) is 5.69 Å². The SMILES string of the molecule is N#Cc1nc(NCCC2CCCC2)ccc1Cl. The van der Waals surface area contributed by atoms with Gasteiger partial charge in [0.05, 0.1) is 5.02 Å². The van der Waals surface area contributed by atoms with Gasteiger partial charge in [-0.25, -0.2) is 4.98 Å². The van der Waals surface area contributed by atoms with Gasteiger partial charge in [-0.2, -0.15) is 5.26 Å². The largest absolute Gasteiger partial charge is 0.370 e. The summed E-state index contributed by atoms with van der Waals surface area (Å²) >= 11 is 5.82. The van der Waals surface area contributed by atoms with Gasteiger partial charge in [0.15, 0.2) is 5.69 Å². The van der Waals surface area contributed by atoms with Gasteiger partial charge in [0.2, 0.25) is 0 Å². The van der Waals surface area contributed by atoms with Crippen LogP contribution >= 0.6 is 11.6 Å². The number of nitrogens with zero attached hydrogens (tertiary/aromatic N) is 2. The summed E-state index contributed by atoms with van der Waals surface area (Å²) in [4.78, 5) is 4.15. The third-order valence-electron chi connectivity index (χ3n) is 3.29. The van der Waals surface area contributed by atoms with E-state index < -0.39 is 0 Å². The second kappa shape index (κ2) is 5.88. The van der Waals surface area contributed by atoms with Gasteiger partial charge in [-0.05, 0) is 24.5 Å². The van der Waals surface area contributed by atoms with E-state index in [1.165, 1.54) is 32.1 Å². The molecule has 1 N–H and O–H groups in total. The molecule has 3 nitrogen and oxygen atoms in total. The lowest BCUT2D eigenvalue weighted by Gasteiger charge is -2.10. The molecule has 0 saturated heterocycles. The number of rotatable bonds is 4. The van der Waals surface area contributed by atoms with Crippen LogP contribution in [0.25, 0.3) is 0 Å². The summed E-state index contributed by atoms with van der Waals surface area (Å²) in [6.07, 6.45) is 6.66. The minimum atomic E-state index is 0.289. The molecule has 0 bridgehead atoms. The van der Waals surface area contributed by atoms with Gasteiger partial charge >= 0.3 is 0 Å². The van der Waals surface area contributed by atoms with Crippen LogP contribution in [0, 0.1) is 17.2 Å². The van der Waals surface area contributed by atoms with Crippen molar-refractivity contribution in [1.29, 1.82) is 5.26 Å². The molecule has 1 aliphatic rings. The van der Waals surface area contributed by atoms with Crippen LogP contribution in [0.4, 0.5) is 5.82 Å². The maximum atomic E-state index is 8.82. The third kappa shape index (κ3) is 3.34. The van der Waals surface area contributed by atoms with Gasteiger partial charge in [-0.1, -0.05) is 37.3 Å². The predicted octanol–water partition coefficient (Wildman–Crippen LogP) is 3.60. The molecule has 0 radical (unpaired) electrons. The third-order valence-corrected chi connectivity index (χ3v) is 3.59. The van der Waals surface area contributed by atoms with Crippen molar-refractivity contribution in [3.63, 3.8) is 0 Å². The molecule has 0 aromatic carbocycles. The van der Waals surface area contributed by atoms with Crippen LogP contribution in [0.5, 0.6) is 0 Å². The van der Waals surface area contributed by atoms with Crippen molar-refractivity contribution in [2.24, 2.45) is 5.92 Å². The molecule has 0 unspecified atom stereocenters. The van der Waals surface area contributed by atoms with Gasteiger partial charge in [0.25, 0.3) is 0 Å². The van der Waals surface area contributed by atoms with Gasteiger partial charge in [0.1, 0.15) is 11.9 Å². The second-order valence-electron chi connectivity index (χ2n) is 4.50. The molecule has 90 valence electrons. The van der Waals surface area contributed by atoms with E-state index in [9.17, 15) is 0 Å². The molecule has 1 aromatic rings. The fourth-order valence-corrected chi connectivity index (χ4v) is 2.47. The van der Waals surface area contributed by atoms with Crippen molar-refractivity contribution in [3.05, 3.63) is 22.8 Å². The molecule has 0 spiro atoms. The lowest BCUT2D eigenvalue weighted by molar-refractivity contribution is 0.518. The summed E-state index contributed by atoms with van der Waals surface area (Å²) < 4.78 is 0. The Labute approximate surface area is 107 Å². The molecule has 1 fully saturated rings. The number of halogens is 1. The van der Waals surface area contributed by atoms with Gasteiger partial charge in [-0.3, -0.25) is 0 Å². The number of pyridine rings is 1. The van der Waals surface area contributed by atoms with Crippen LogP contribution in [0.2, 0.25) is 5.02 Å². The molecule has 17 heavy (non-hydrogen) atoms. The molecule has 1 aliphatic carbocycles. The van der Waals surface area contributed by atoms with Crippen molar-refractivity contribution >= 4 is 17.4 Å². The molecule has 2 rings (SSSR count). The highest BCUT2D eigenvalue weighted by Gasteiger charge is 2.14. The van der Waals surface area contributed by atoms with Crippen LogP contribution in [0.1, 0.15) is 37.8 Å². The minimum Gasteiger partial charge on any atom is -0.370 e. The van der Waals surface area contributed by atoms with E-state index in [0.29, 0.717) is 5.02 Å². The molecular weight excluding hydrogens is 234 g/mol. The normalized spacial score (nSPS) is 15.8. The quantitative estimate of drug-likeness (QED) is 0.887. The van der Waals surface area contributed by atoms with Crippen molar-refractivity contribution in [1.82, 2.24) is 4.98 Å². The van der Waals surface area contributed by atoms with Gasteiger partial charge in [0, 0.05) is 6.54 Å². The second-order valence-corrected chi connectivity index (χ2v) is 4.91. The number of hydrogen-bond acceptors (Lipinski definition) is 3. The molecule has 1 heterocycles. The highest BCUT2D eigenvalue weighted by atomic mass is 35.5. The van der Waals surface area contributed by atoms with Crippen molar-refractivity contribution in [3.8, 4) is 6.07 Å². The standard InChI is InChI=1S/C13H16ClN3/c14-11-5-6-13(17-12(11)9-15)16-8-7-10-3-1-2-4-10/h5-6,10H,1-4,7-8H2,(H,16,17). The number of hydrogen-bond donors (Lipinski definition) is 1. The molecular formula is C13H16ClN3. The fraction of sp³-hybridized carbons (Fsp3) is 0.538. The molecule has 0 amide bonds. The average Bonchev–Trinajstić information content (AvgIpc) is 2.84. The summed E-state index contributed by atoms with van der Waals surface area (Å²) in [7, 11) is 0. The van der Waals surface area contributed by atoms with E-state index in [0.717, 1.165) is 18.3 Å². The number of nitrogens with one attached hydrogen (secondary N) is 1. The van der Waals surface area contributed by atoms with Crippen LogP contribution in [-0.2, 0) is 0 Å². The number of aromatic nitrogens is 1. The smallest absolute Gasteiger partial charge is 0.161 e. The lowest BCUT2D eigenvalue weighted by Crippen LogP contribution is -2.08. The van der Waals surface area contributed by atoms with Gasteiger partial charge < -0.3 is 5.32 Å². The Hall–Kier alpha value is -1.27. The summed E-state index contributed by atoms with van der Waals surface area (Å²) in [5.41, 5.74) is 0.289.